The first-order valence-corrected chi connectivity index (χ1v) is 8.52. The Morgan fingerprint density at radius 3 is 2.56 bits per heavy atom. The molecule has 132 valence electrons. The largest absolute Gasteiger partial charge is 0.497 e. The monoisotopic (exact) mass is 355 g/mol. The second-order valence-corrected chi connectivity index (χ2v) is 6.05. The van der Waals surface area contributed by atoms with Crippen LogP contribution in [0.2, 0.25) is 0 Å². The zero-order valence-electron chi connectivity index (χ0n) is 14.8. The second kappa shape index (κ2) is 7.22. The van der Waals surface area contributed by atoms with E-state index in [2.05, 4.69) is 16.0 Å². The van der Waals surface area contributed by atoms with E-state index in [-0.39, 0.29) is 0 Å². The molecule has 0 spiro atoms. The van der Waals surface area contributed by atoms with Crippen LogP contribution >= 0.6 is 0 Å². The van der Waals surface area contributed by atoms with Crippen LogP contribution in [0.15, 0.2) is 66.7 Å². The molecule has 0 radical (unpaired) electrons. The van der Waals surface area contributed by atoms with Gasteiger partial charge in [0.15, 0.2) is 0 Å². The number of ether oxygens (including phenoxy) is 2. The molecule has 0 fully saturated rings. The number of nitrogens with zero attached hydrogens (tertiary/aromatic N) is 2. The number of fused-ring (bicyclic) bond motifs is 1. The van der Waals surface area contributed by atoms with Crippen LogP contribution in [-0.2, 0) is 6.61 Å². The third-order valence-electron chi connectivity index (χ3n) is 4.35. The van der Waals surface area contributed by atoms with Gasteiger partial charge in [-0.3, -0.25) is 0 Å². The Kier molecular flexibility index (Phi) is 4.46. The number of aromatic nitrogens is 2. The summed E-state index contributed by atoms with van der Waals surface area (Å²) < 4.78 is 11.1. The lowest BCUT2D eigenvalue weighted by molar-refractivity contribution is 0.306. The minimum atomic E-state index is 0.355. The van der Waals surface area contributed by atoms with E-state index in [1.807, 2.05) is 60.7 Å². The summed E-state index contributed by atoms with van der Waals surface area (Å²) >= 11 is 0. The number of rotatable bonds is 5. The average Bonchev–Trinajstić information content (AvgIpc) is 3.16. The quantitative estimate of drug-likeness (QED) is 0.564. The molecule has 4 rings (SSSR count). The molecule has 5 nitrogen and oxygen atoms in total. The van der Waals surface area contributed by atoms with Gasteiger partial charge in [0.05, 0.1) is 29.8 Å². The van der Waals surface area contributed by atoms with Gasteiger partial charge in [-0.1, -0.05) is 18.2 Å². The summed E-state index contributed by atoms with van der Waals surface area (Å²) in [5.74, 6) is 2.32. The minimum Gasteiger partial charge on any atom is -0.497 e. The van der Waals surface area contributed by atoms with E-state index in [1.54, 1.807) is 13.2 Å². The van der Waals surface area contributed by atoms with Crippen molar-refractivity contribution in [1.29, 1.82) is 5.26 Å². The van der Waals surface area contributed by atoms with Crippen LogP contribution in [0.5, 0.6) is 11.5 Å². The number of imidazole rings is 1. The van der Waals surface area contributed by atoms with E-state index in [4.69, 9.17) is 14.7 Å². The highest BCUT2D eigenvalue weighted by atomic mass is 16.5. The highest BCUT2D eigenvalue weighted by Gasteiger charge is 2.07. The molecule has 0 saturated carbocycles. The maximum Gasteiger partial charge on any atom is 0.138 e. The van der Waals surface area contributed by atoms with Crippen LogP contribution in [0.1, 0.15) is 11.1 Å². The lowest BCUT2D eigenvalue weighted by atomic mass is 10.1. The molecule has 1 heterocycles. The van der Waals surface area contributed by atoms with Crippen LogP contribution in [0.3, 0.4) is 0 Å². The maximum atomic E-state index is 9.15. The third kappa shape index (κ3) is 3.46. The zero-order chi connectivity index (χ0) is 18.6. The Morgan fingerprint density at radius 1 is 1.00 bits per heavy atom. The summed E-state index contributed by atoms with van der Waals surface area (Å²) in [6, 6.07) is 23.1. The first kappa shape index (κ1) is 16.7. The number of nitriles is 1. The van der Waals surface area contributed by atoms with Crippen molar-refractivity contribution in [2.75, 3.05) is 7.11 Å². The van der Waals surface area contributed by atoms with E-state index in [0.29, 0.717) is 12.2 Å². The van der Waals surface area contributed by atoms with Gasteiger partial charge in [-0.05, 0) is 42.5 Å². The van der Waals surface area contributed by atoms with E-state index < -0.39 is 0 Å². The zero-order valence-corrected chi connectivity index (χ0v) is 14.8. The highest BCUT2D eigenvalue weighted by molar-refractivity contribution is 5.80. The van der Waals surface area contributed by atoms with Crippen molar-refractivity contribution < 1.29 is 9.47 Å². The van der Waals surface area contributed by atoms with Gasteiger partial charge in [-0.15, -0.1) is 0 Å². The van der Waals surface area contributed by atoms with Crippen LogP contribution in [0, 0.1) is 11.3 Å². The lowest BCUT2D eigenvalue weighted by Crippen LogP contribution is -1.98. The van der Waals surface area contributed by atoms with Crippen LogP contribution in [0.25, 0.3) is 22.4 Å². The molecular weight excluding hydrogens is 338 g/mol. The number of H-pyrrole nitrogens is 1. The van der Waals surface area contributed by atoms with Gasteiger partial charge in [0.2, 0.25) is 0 Å². The van der Waals surface area contributed by atoms with Crippen molar-refractivity contribution in [1.82, 2.24) is 9.97 Å². The molecule has 0 atom stereocenters. The molecule has 0 aliphatic heterocycles. The number of hydrogen-bond acceptors (Lipinski definition) is 4. The van der Waals surface area contributed by atoms with Gasteiger partial charge in [0.1, 0.15) is 23.9 Å². The Labute approximate surface area is 156 Å². The fourth-order valence-electron chi connectivity index (χ4n) is 2.88. The molecule has 0 bridgehead atoms. The molecule has 0 amide bonds. The lowest BCUT2D eigenvalue weighted by Gasteiger charge is -2.08. The molecule has 27 heavy (non-hydrogen) atoms. The predicted octanol–water partition coefficient (Wildman–Crippen LogP) is 4.69. The minimum absolute atomic E-state index is 0.355. The summed E-state index contributed by atoms with van der Waals surface area (Å²) in [5, 5.41) is 9.15. The molecule has 0 aliphatic carbocycles. The molecule has 0 saturated heterocycles. The summed E-state index contributed by atoms with van der Waals surface area (Å²) in [7, 11) is 1.65. The Balaban J connectivity index is 1.51. The Bertz CT molecular complexity index is 1120. The van der Waals surface area contributed by atoms with Gasteiger partial charge in [-0.2, -0.15) is 5.26 Å². The molecule has 4 aromatic rings. The first-order chi connectivity index (χ1) is 13.3. The van der Waals surface area contributed by atoms with Crippen LogP contribution < -0.4 is 9.47 Å². The summed E-state index contributed by atoms with van der Waals surface area (Å²) in [4.78, 5) is 7.93. The number of benzene rings is 3. The smallest absolute Gasteiger partial charge is 0.138 e. The highest BCUT2D eigenvalue weighted by Crippen LogP contribution is 2.25. The van der Waals surface area contributed by atoms with Gasteiger partial charge in [0, 0.05) is 17.2 Å². The van der Waals surface area contributed by atoms with Crippen molar-refractivity contribution in [2.45, 2.75) is 6.61 Å². The summed E-state index contributed by atoms with van der Waals surface area (Å²) in [6.07, 6.45) is 0. The Morgan fingerprint density at radius 2 is 1.78 bits per heavy atom. The predicted molar refractivity (Wildman–Crippen MR) is 104 cm³/mol. The third-order valence-corrected chi connectivity index (χ3v) is 4.35. The Hall–Kier alpha value is -3.78. The fraction of sp³-hybridized carbons (Fsp3) is 0.0909. The van der Waals surface area contributed by atoms with E-state index >= 15 is 0 Å². The standard InChI is InChI=1S/C22H17N3O2/c1-26-19-10-11-20-21(12-19)25-22(24-20)15-6-8-18(9-7-15)27-14-17-5-3-2-4-16(17)13-23/h2-12H,14H2,1H3,(H,24,25). The molecular formula is C22H17N3O2. The number of aromatic amines is 1. The molecule has 1 aromatic heterocycles. The summed E-state index contributed by atoms with van der Waals surface area (Å²) in [6.45, 7) is 0.355. The maximum absolute atomic E-state index is 9.15. The van der Waals surface area contributed by atoms with E-state index in [0.717, 1.165) is 39.5 Å². The first-order valence-electron chi connectivity index (χ1n) is 8.52. The molecule has 1 N–H and O–H groups in total. The average molecular weight is 355 g/mol. The van der Waals surface area contributed by atoms with Gasteiger partial charge < -0.3 is 14.5 Å². The van der Waals surface area contributed by atoms with Crippen molar-refractivity contribution >= 4 is 11.0 Å². The number of hydrogen-bond donors (Lipinski definition) is 1. The molecule has 5 heteroatoms. The van der Waals surface area contributed by atoms with Crippen molar-refractivity contribution in [2.24, 2.45) is 0 Å². The molecule has 0 unspecified atom stereocenters. The van der Waals surface area contributed by atoms with Crippen molar-refractivity contribution in [3.8, 4) is 29.0 Å². The topological polar surface area (TPSA) is 70.9 Å². The van der Waals surface area contributed by atoms with Crippen LogP contribution in [-0.4, -0.2) is 17.1 Å². The van der Waals surface area contributed by atoms with Gasteiger partial charge >= 0.3 is 0 Å². The fourth-order valence-corrected chi connectivity index (χ4v) is 2.88. The van der Waals surface area contributed by atoms with Gasteiger partial charge in [0.25, 0.3) is 0 Å². The van der Waals surface area contributed by atoms with Crippen LogP contribution in [0.4, 0.5) is 0 Å². The summed E-state index contributed by atoms with van der Waals surface area (Å²) in [5.41, 5.74) is 4.29. The SMILES string of the molecule is COc1ccc2nc(-c3ccc(OCc4ccccc4C#N)cc3)[nH]c2c1. The second-order valence-electron chi connectivity index (χ2n) is 6.05. The van der Waals surface area contributed by atoms with E-state index in [1.165, 1.54) is 0 Å². The van der Waals surface area contributed by atoms with E-state index in [9.17, 15) is 0 Å². The number of nitrogens with one attached hydrogen (secondary N) is 1. The van der Waals surface area contributed by atoms with Gasteiger partial charge in [-0.25, -0.2) is 4.98 Å². The molecule has 0 aliphatic rings. The van der Waals surface area contributed by atoms with Crippen molar-refractivity contribution in [3.05, 3.63) is 77.9 Å². The molecule has 3 aromatic carbocycles. The van der Waals surface area contributed by atoms with Crippen molar-refractivity contribution in [3.63, 3.8) is 0 Å². The normalized spacial score (nSPS) is 10.5. The number of methoxy groups -OCH3 is 1.